The number of aryl methyl sites for hydroxylation is 1. The van der Waals surface area contributed by atoms with E-state index in [1.165, 1.54) is 18.5 Å². The van der Waals surface area contributed by atoms with E-state index in [9.17, 15) is 0 Å². The summed E-state index contributed by atoms with van der Waals surface area (Å²) in [6.07, 6.45) is 6.52. The molecule has 2 rings (SSSR count). The molecule has 0 aliphatic carbocycles. The molecule has 1 saturated heterocycles. The van der Waals surface area contributed by atoms with Crippen molar-refractivity contribution < 1.29 is 0 Å². The molecule has 2 unspecified atom stereocenters. The van der Waals surface area contributed by atoms with Gasteiger partial charge in [-0.2, -0.15) is 5.10 Å². The SMILES string of the molecule is CCCNC1CCN(c2cnn(C)c2)CC1C. The fraction of sp³-hybridized carbons (Fsp3) is 0.769. The lowest BCUT2D eigenvalue weighted by molar-refractivity contribution is 0.322. The van der Waals surface area contributed by atoms with Gasteiger partial charge in [-0.15, -0.1) is 0 Å². The van der Waals surface area contributed by atoms with Crippen LogP contribution in [0.5, 0.6) is 0 Å². The Morgan fingerprint density at radius 3 is 2.94 bits per heavy atom. The molecule has 2 atom stereocenters. The zero-order valence-electron chi connectivity index (χ0n) is 11.2. The van der Waals surface area contributed by atoms with E-state index >= 15 is 0 Å². The smallest absolute Gasteiger partial charge is 0.0752 e. The number of aromatic nitrogens is 2. The number of hydrogen-bond acceptors (Lipinski definition) is 3. The fourth-order valence-corrected chi connectivity index (χ4v) is 2.58. The van der Waals surface area contributed by atoms with Crippen molar-refractivity contribution in [3.8, 4) is 0 Å². The topological polar surface area (TPSA) is 33.1 Å². The van der Waals surface area contributed by atoms with E-state index in [1.807, 2.05) is 17.9 Å². The van der Waals surface area contributed by atoms with Gasteiger partial charge < -0.3 is 10.2 Å². The molecule has 1 N–H and O–H groups in total. The van der Waals surface area contributed by atoms with Gasteiger partial charge in [-0.3, -0.25) is 4.68 Å². The van der Waals surface area contributed by atoms with Gasteiger partial charge in [0.2, 0.25) is 0 Å². The van der Waals surface area contributed by atoms with Gasteiger partial charge in [0.15, 0.2) is 0 Å². The summed E-state index contributed by atoms with van der Waals surface area (Å²) in [6.45, 7) is 7.98. The van der Waals surface area contributed by atoms with E-state index in [1.54, 1.807) is 0 Å². The van der Waals surface area contributed by atoms with Crippen LogP contribution in [0.25, 0.3) is 0 Å². The van der Waals surface area contributed by atoms with Crippen molar-refractivity contribution in [3.05, 3.63) is 12.4 Å². The second kappa shape index (κ2) is 5.54. The summed E-state index contributed by atoms with van der Waals surface area (Å²) < 4.78 is 1.88. The quantitative estimate of drug-likeness (QED) is 0.862. The van der Waals surface area contributed by atoms with Crippen molar-refractivity contribution in [2.75, 3.05) is 24.5 Å². The molecule has 96 valence electrons. The zero-order valence-corrected chi connectivity index (χ0v) is 11.2. The highest BCUT2D eigenvalue weighted by atomic mass is 15.3. The minimum Gasteiger partial charge on any atom is -0.369 e. The first-order valence-corrected chi connectivity index (χ1v) is 6.67. The maximum Gasteiger partial charge on any atom is 0.0752 e. The number of piperidine rings is 1. The molecular weight excluding hydrogens is 212 g/mol. The van der Waals surface area contributed by atoms with Crippen molar-refractivity contribution in [1.82, 2.24) is 15.1 Å². The Morgan fingerprint density at radius 1 is 1.53 bits per heavy atom. The van der Waals surface area contributed by atoms with E-state index in [-0.39, 0.29) is 0 Å². The molecule has 1 aliphatic rings. The summed E-state index contributed by atoms with van der Waals surface area (Å²) in [7, 11) is 1.97. The van der Waals surface area contributed by atoms with Crippen molar-refractivity contribution in [3.63, 3.8) is 0 Å². The van der Waals surface area contributed by atoms with Crippen LogP contribution in [-0.2, 0) is 7.05 Å². The molecule has 0 spiro atoms. The first kappa shape index (κ1) is 12.4. The summed E-state index contributed by atoms with van der Waals surface area (Å²) in [5, 5.41) is 7.90. The van der Waals surface area contributed by atoms with Gasteiger partial charge in [-0.25, -0.2) is 0 Å². The summed E-state index contributed by atoms with van der Waals surface area (Å²) in [6, 6.07) is 0.683. The standard InChI is InChI=1S/C13H24N4/c1-4-6-14-13-5-7-17(9-11(13)2)12-8-15-16(3)10-12/h8,10-11,13-14H,4-7,9H2,1-3H3. The lowest BCUT2D eigenvalue weighted by Crippen LogP contribution is -2.48. The Balaban J connectivity index is 1.90. The summed E-state index contributed by atoms with van der Waals surface area (Å²) in [5.41, 5.74) is 1.26. The van der Waals surface area contributed by atoms with Crippen LogP contribution in [-0.4, -0.2) is 35.5 Å². The van der Waals surface area contributed by atoms with Crippen molar-refractivity contribution in [2.45, 2.75) is 32.7 Å². The predicted molar refractivity (Wildman–Crippen MR) is 71.3 cm³/mol. The van der Waals surface area contributed by atoms with Gasteiger partial charge in [-0.05, 0) is 25.3 Å². The molecule has 4 nitrogen and oxygen atoms in total. The predicted octanol–water partition coefficient (Wildman–Crippen LogP) is 1.63. The second-order valence-electron chi connectivity index (χ2n) is 5.14. The van der Waals surface area contributed by atoms with E-state index in [2.05, 4.69) is 35.4 Å². The summed E-state index contributed by atoms with van der Waals surface area (Å²) >= 11 is 0. The average Bonchev–Trinajstić information content (AvgIpc) is 2.74. The maximum atomic E-state index is 4.24. The molecule has 4 heteroatoms. The van der Waals surface area contributed by atoms with E-state index in [4.69, 9.17) is 0 Å². The van der Waals surface area contributed by atoms with Crippen LogP contribution in [0.1, 0.15) is 26.7 Å². The van der Waals surface area contributed by atoms with Crippen molar-refractivity contribution >= 4 is 5.69 Å². The molecule has 0 saturated carbocycles. The molecule has 1 fully saturated rings. The third-order valence-corrected chi connectivity index (χ3v) is 3.62. The lowest BCUT2D eigenvalue weighted by Gasteiger charge is -2.38. The first-order chi connectivity index (χ1) is 8.20. The number of hydrogen-bond donors (Lipinski definition) is 1. The van der Waals surface area contributed by atoms with E-state index < -0.39 is 0 Å². The van der Waals surface area contributed by atoms with E-state index in [0.717, 1.165) is 19.6 Å². The fourth-order valence-electron chi connectivity index (χ4n) is 2.58. The van der Waals surface area contributed by atoms with Crippen LogP contribution in [0.15, 0.2) is 12.4 Å². The first-order valence-electron chi connectivity index (χ1n) is 6.67. The molecule has 1 aromatic rings. The van der Waals surface area contributed by atoms with Crippen LogP contribution in [0, 0.1) is 5.92 Å². The molecule has 0 amide bonds. The Morgan fingerprint density at radius 2 is 2.35 bits per heavy atom. The Labute approximate surface area is 104 Å². The number of nitrogens with one attached hydrogen (secondary N) is 1. The molecule has 0 aromatic carbocycles. The third kappa shape index (κ3) is 3.00. The second-order valence-corrected chi connectivity index (χ2v) is 5.14. The highest BCUT2D eigenvalue weighted by Crippen LogP contribution is 2.22. The Hall–Kier alpha value is -1.03. The molecule has 1 aliphatic heterocycles. The number of anilines is 1. The highest BCUT2D eigenvalue weighted by molar-refractivity contribution is 5.42. The minimum absolute atomic E-state index is 0.683. The molecule has 0 bridgehead atoms. The Kier molecular flexibility index (Phi) is 4.05. The highest BCUT2D eigenvalue weighted by Gasteiger charge is 2.25. The third-order valence-electron chi connectivity index (χ3n) is 3.62. The van der Waals surface area contributed by atoms with E-state index in [0.29, 0.717) is 12.0 Å². The van der Waals surface area contributed by atoms with Gasteiger partial charge in [0.25, 0.3) is 0 Å². The molecule has 0 radical (unpaired) electrons. The molecule has 1 aromatic heterocycles. The monoisotopic (exact) mass is 236 g/mol. The minimum atomic E-state index is 0.683. The number of nitrogens with zero attached hydrogens (tertiary/aromatic N) is 3. The van der Waals surface area contributed by atoms with Gasteiger partial charge in [-0.1, -0.05) is 13.8 Å². The maximum absolute atomic E-state index is 4.24. The number of rotatable bonds is 4. The van der Waals surface area contributed by atoms with Crippen LogP contribution in [0.3, 0.4) is 0 Å². The summed E-state index contributed by atoms with van der Waals surface area (Å²) in [5.74, 6) is 0.704. The molecule has 2 heterocycles. The van der Waals surface area contributed by atoms with Gasteiger partial charge >= 0.3 is 0 Å². The Bertz CT molecular complexity index is 347. The molecular formula is C13H24N4. The lowest BCUT2D eigenvalue weighted by atomic mass is 9.93. The zero-order chi connectivity index (χ0) is 12.3. The van der Waals surface area contributed by atoms with Crippen LogP contribution >= 0.6 is 0 Å². The van der Waals surface area contributed by atoms with Gasteiger partial charge in [0, 0.05) is 32.4 Å². The largest absolute Gasteiger partial charge is 0.369 e. The van der Waals surface area contributed by atoms with Crippen LogP contribution in [0.2, 0.25) is 0 Å². The van der Waals surface area contributed by atoms with Crippen LogP contribution in [0.4, 0.5) is 5.69 Å². The summed E-state index contributed by atoms with van der Waals surface area (Å²) in [4.78, 5) is 2.45. The normalized spacial score (nSPS) is 25.2. The molecule has 17 heavy (non-hydrogen) atoms. The van der Waals surface area contributed by atoms with Gasteiger partial charge in [0.05, 0.1) is 11.9 Å². The van der Waals surface area contributed by atoms with Crippen molar-refractivity contribution in [2.24, 2.45) is 13.0 Å². The van der Waals surface area contributed by atoms with Gasteiger partial charge in [0.1, 0.15) is 0 Å². The van der Waals surface area contributed by atoms with Crippen LogP contribution < -0.4 is 10.2 Å². The average molecular weight is 236 g/mol. The van der Waals surface area contributed by atoms with Crippen molar-refractivity contribution in [1.29, 1.82) is 0 Å².